The number of amides is 2. The monoisotopic (exact) mass is 331 g/mol. The van der Waals surface area contributed by atoms with E-state index >= 15 is 0 Å². The zero-order chi connectivity index (χ0) is 15.6. The Morgan fingerprint density at radius 2 is 2.00 bits per heavy atom. The number of urea groups is 1. The molecule has 2 amide bonds. The summed E-state index contributed by atoms with van der Waals surface area (Å²) < 4.78 is 22.7. The SMILES string of the molecule is CC1CCN(C(=O)Nc2cc(S(N)(=O)=O)ccc2Cl)CC1. The van der Waals surface area contributed by atoms with Crippen LogP contribution in [0.5, 0.6) is 0 Å². The highest BCUT2D eigenvalue weighted by molar-refractivity contribution is 7.89. The maximum absolute atomic E-state index is 12.2. The first-order valence-electron chi connectivity index (χ1n) is 6.65. The lowest BCUT2D eigenvalue weighted by atomic mass is 10.00. The molecule has 1 aromatic carbocycles. The molecule has 1 heterocycles. The highest BCUT2D eigenvalue weighted by Crippen LogP contribution is 2.25. The zero-order valence-electron chi connectivity index (χ0n) is 11.7. The van der Waals surface area contributed by atoms with Crippen LogP contribution < -0.4 is 10.5 Å². The minimum atomic E-state index is -3.83. The van der Waals surface area contributed by atoms with Gasteiger partial charge in [-0.15, -0.1) is 0 Å². The van der Waals surface area contributed by atoms with E-state index in [1.807, 2.05) is 0 Å². The van der Waals surface area contributed by atoms with Crippen molar-refractivity contribution >= 4 is 33.3 Å². The Bertz CT molecular complexity index is 640. The first-order chi connectivity index (χ1) is 9.77. The number of nitrogens with zero attached hydrogens (tertiary/aromatic N) is 1. The molecule has 2 rings (SSSR count). The smallest absolute Gasteiger partial charge is 0.321 e. The molecule has 1 fully saturated rings. The maximum Gasteiger partial charge on any atom is 0.321 e. The van der Waals surface area contributed by atoms with Gasteiger partial charge in [-0.3, -0.25) is 0 Å². The molecule has 1 aromatic rings. The van der Waals surface area contributed by atoms with Crippen molar-refractivity contribution in [1.82, 2.24) is 4.90 Å². The third-order valence-electron chi connectivity index (χ3n) is 3.58. The average molecular weight is 332 g/mol. The number of benzene rings is 1. The van der Waals surface area contributed by atoms with Crippen LogP contribution in [-0.2, 0) is 10.0 Å². The van der Waals surface area contributed by atoms with Gasteiger partial charge < -0.3 is 10.2 Å². The summed E-state index contributed by atoms with van der Waals surface area (Å²) in [5.74, 6) is 0.614. The third kappa shape index (κ3) is 4.09. The standard InChI is InChI=1S/C13H18ClN3O3S/c1-9-4-6-17(7-5-9)13(18)16-12-8-10(21(15,19)20)2-3-11(12)14/h2-3,8-9H,4-7H2,1H3,(H,16,18)(H2,15,19,20). The Kier molecular flexibility index (Phi) is 4.75. The van der Waals surface area contributed by atoms with Crippen molar-refractivity contribution in [2.45, 2.75) is 24.7 Å². The highest BCUT2D eigenvalue weighted by atomic mass is 35.5. The molecule has 0 unspecified atom stereocenters. The van der Waals surface area contributed by atoms with Crippen molar-refractivity contribution in [1.29, 1.82) is 0 Å². The number of nitrogens with two attached hydrogens (primary N) is 1. The molecule has 0 bridgehead atoms. The van der Waals surface area contributed by atoms with Crippen LogP contribution in [0, 0.1) is 5.92 Å². The molecular formula is C13H18ClN3O3S. The number of carbonyl (C=O) groups excluding carboxylic acids is 1. The van der Waals surface area contributed by atoms with Gasteiger partial charge in [-0.25, -0.2) is 18.4 Å². The summed E-state index contributed by atoms with van der Waals surface area (Å²) in [4.78, 5) is 13.8. The van der Waals surface area contributed by atoms with Crippen LogP contribution in [0.25, 0.3) is 0 Å². The number of piperidine rings is 1. The number of rotatable bonds is 2. The van der Waals surface area contributed by atoms with Crippen molar-refractivity contribution in [3.63, 3.8) is 0 Å². The highest BCUT2D eigenvalue weighted by Gasteiger charge is 2.21. The molecule has 0 atom stereocenters. The lowest BCUT2D eigenvalue weighted by Crippen LogP contribution is -2.40. The van der Waals surface area contributed by atoms with E-state index in [0.29, 0.717) is 19.0 Å². The van der Waals surface area contributed by atoms with E-state index in [9.17, 15) is 13.2 Å². The van der Waals surface area contributed by atoms with Crippen LogP contribution in [0.3, 0.4) is 0 Å². The number of halogens is 1. The fourth-order valence-corrected chi connectivity index (χ4v) is 2.89. The van der Waals surface area contributed by atoms with Gasteiger partial charge in [0, 0.05) is 13.1 Å². The van der Waals surface area contributed by atoms with E-state index < -0.39 is 10.0 Å². The Balaban J connectivity index is 2.14. The minimum absolute atomic E-state index is 0.0885. The molecule has 21 heavy (non-hydrogen) atoms. The number of carbonyl (C=O) groups is 1. The van der Waals surface area contributed by atoms with Gasteiger partial charge in [0.25, 0.3) is 0 Å². The molecule has 8 heteroatoms. The van der Waals surface area contributed by atoms with Gasteiger partial charge >= 0.3 is 6.03 Å². The molecule has 1 aliphatic heterocycles. The third-order valence-corrected chi connectivity index (χ3v) is 4.82. The normalized spacial score (nSPS) is 16.8. The van der Waals surface area contributed by atoms with E-state index in [-0.39, 0.29) is 21.6 Å². The van der Waals surface area contributed by atoms with E-state index in [0.717, 1.165) is 12.8 Å². The average Bonchev–Trinajstić information content (AvgIpc) is 2.40. The van der Waals surface area contributed by atoms with Crippen LogP contribution >= 0.6 is 11.6 Å². The first kappa shape index (κ1) is 16.1. The summed E-state index contributed by atoms with van der Waals surface area (Å²) in [5.41, 5.74) is 0.242. The summed E-state index contributed by atoms with van der Waals surface area (Å²) in [7, 11) is -3.83. The fourth-order valence-electron chi connectivity index (χ4n) is 2.18. The number of anilines is 1. The van der Waals surface area contributed by atoms with Crippen molar-refractivity contribution < 1.29 is 13.2 Å². The Morgan fingerprint density at radius 3 is 2.57 bits per heavy atom. The zero-order valence-corrected chi connectivity index (χ0v) is 13.2. The molecule has 0 radical (unpaired) electrons. The molecule has 0 saturated carbocycles. The van der Waals surface area contributed by atoms with Gasteiger partial charge in [0.1, 0.15) is 0 Å². The lowest BCUT2D eigenvalue weighted by Gasteiger charge is -2.30. The van der Waals surface area contributed by atoms with Crippen molar-refractivity contribution in [3.8, 4) is 0 Å². The predicted molar refractivity (Wildman–Crippen MR) is 81.8 cm³/mol. The molecule has 0 aromatic heterocycles. The molecule has 0 aliphatic carbocycles. The molecule has 1 saturated heterocycles. The largest absolute Gasteiger partial charge is 0.325 e. The van der Waals surface area contributed by atoms with E-state index in [4.69, 9.17) is 16.7 Å². The first-order valence-corrected chi connectivity index (χ1v) is 8.58. The summed E-state index contributed by atoms with van der Waals surface area (Å²) in [6.07, 6.45) is 1.91. The van der Waals surface area contributed by atoms with Gasteiger partial charge in [-0.1, -0.05) is 18.5 Å². The molecule has 3 N–H and O–H groups in total. The summed E-state index contributed by atoms with van der Waals surface area (Å²) in [6, 6.07) is 3.68. The van der Waals surface area contributed by atoms with Crippen LogP contribution in [-0.4, -0.2) is 32.4 Å². The van der Waals surface area contributed by atoms with Crippen molar-refractivity contribution in [2.24, 2.45) is 11.1 Å². The second-order valence-electron chi connectivity index (χ2n) is 5.29. The van der Waals surface area contributed by atoms with E-state index in [2.05, 4.69) is 12.2 Å². The minimum Gasteiger partial charge on any atom is -0.325 e. The van der Waals surface area contributed by atoms with Gasteiger partial charge in [-0.05, 0) is 37.0 Å². The van der Waals surface area contributed by atoms with Gasteiger partial charge in [0.2, 0.25) is 10.0 Å². The Hall–Kier alpha value is -1.31. The van der Waals surface area contributed by atoms with Crippen molar-refractivity contribution in [2.75, 3.05) is 18.4 Å². The lowest BCUT2D eigenvalue weighted by molar-refractivity contribution is 0.186. The Labute approximate surface area is 129 Å². The molecular weight excluding hydrogens is 314 g/mol. The van der Waals surface area contributed by atoms with Crippen LogP contribution in [0.15, 0.2) is 23.1 Å². The second kappa shape index (κ2) is 6.21. The quantitative estimate of drug-likeness (QED) is 0.870. The number of sulfonamides is 1. The Morgan fingerprint density at radius 1 is 1.38 bits per heavy atom. The number of nitrogens with one attached hydrogen (secondary N) is 1. The molecule has 0 spiro atoms. The second-order valence-corrected chi connectivity index (χ2v) is 7.26. The number of hydrogen-bond donors (Lipinski definition) is 2. The van der Waals surface area contributed by atoms with Crippen LogP contribution in [0.4, 0.5) is 10.5 Å². The van der Waals surface area contributed by atoms with E-state index in [1.165, 1.54) is 18.2 Å². The fraction of sp³-hybridized carbons (Fsp3) is 0.462. The molecule has 116 valence electrons. The summed E-state index contributed by atoms with van der Waals surface area (Å²) in [5, 5.41) is 7.98. The van der Waals surface area contributed by atoms with Gasteiger partial charge in [0.15, 0.2) is 0 Å². The van der Waals surface area contributed by atoms with Crippen molar-refractivity contribution in [3.05, 3.63) is 23.2 Å². The molecule has 6 nitrogen and oxygen atoms in total. The van der Waals surface area contributed by atoms with Crippen LogP contribution in [0.1, 0.15) is 19.8 Å². The number of primary sulfonamides is 1. The van der Waals surface area contributed by atoms with Crippen LogP contribution in [0.2, 0.25) is 5.02 Å². The van der Waals surface area contributed by atoms with E-state index in [1.54, 1.807) is 4.90 Å². The van der Waals surface area contributed by atoms with Gasteiger partial charge in [0.05, 0.1) is 15.6 Å². The summed E-state index contributed by atoms with van der Waals surface area (Å²) >= 11 is 5.98. The topological polar surface area (TPSA) is 92.5 Å². The predicted octanol–water partition coefficient (Wildman–Crippen LogP) is 2.25. The maximum atomic E-state index is 12.2. The van der Waals surface area contributed by atoms with Gasteiger partial charge in [-0.2, -0.15) is 0 Å². The molecule has 1 aliphatic rings. The number of likely N-dealkylation sites (tertiary alicyclic amines) is 1. The number of hydrogen-bond acceptors (Lipinski definition) is 3. The summed E-state index contributed by atoms with van der Waals surface area (Å²) in [6.45, 7) is 3.51.